The van der Waals surface area contributed by atoms with Crippen LogP contribution >= 0.6 is 0 Å². The van der Waals surface area contributed by atoms with Gasteiger partial charge in [-0.1, -0.05) is 6.92 Å². The second-order valence-corrected chi connectivity index (χ2v) is 8.91. The number of anilines is 1. The summed E-state index contributed by atoms with van der Waals surface area (Å²) in [5.41, 5.74) is 1.57. The molecule has 1 unspecified atom stereocenters. The lowest BCUT2D eigenvalue weighted by Gasteiger charge is -2.21. The van der Waals surface area contributed by atoms with Crippen LogP contribution < -0.4 is 4.90 Å². The Morgan fingerprint density at radius 1 is 1.20 bits per heavy atom. The Labute approximate surface area is 147 Å². The molecule has 1 aromatic carbocycles. The summed E-state index contributed by atoms with van der Waals surface area (Å²) >= 11 is 0. The molecule has 0 aliphatic carbocycles. The third-order valence-electron chi connectivity index (χ3n) is 5.14. The maximum Gasteiger partial charge on any atom is 0.308 e. The van der Waals surface area contributed by atoms with E-state index in [4.69, 9.17) is 0 Å². The number of rotatable bonds is 3. The minimum atomic E-state index is -3.75. The van der Waals surface area contributed by atoms with Crippen molar-refractivity contribution in [3.8, 4) is 0 Å². The first-order chi connectivity index (χ1) is 11.6. The highest BCUT2D eigenvalue weighted by Crippen LogP contribution is 2.35. The van der Waals surface area contributed by atoms with Crippen molar-refractivity contribution in [1.82, 2.24) is 4.31 Å². The molecule has 8 heteroatoms. The molecule has 3 rings (SSSR count). The van der Waals surface area contributed by atoms with E-state index in [2.05, 4.69) is 0 Å². The van der Waals surface area contributed by atoms with Crippen molar-refractivity contribution in [2.75, 3.05) is 18.0 Å². The number of hydrogen-bond acceptors (Lipinski definition) is 4. The van der Waals surface area contributed by atoms with Gasteiger partial charge in [0.2, 0.25) is 15.9 Å². The van der Waals surface area contributed by atoms with Gasteiger partial charge in [0.1, 0.15) is 0 Å². The van der Waals surface area contributed by atoms with E-state index in [0.29, 0.717) is 6.42 Å². The van der Waals surface area contributed by atoms with Gasteiger partial charge in [-0.15, -0.1) is 0 Å². The molecule has 2 aliphatic heterocycles. The summed E-state index contributed by atoms with van der Waals surface area (Å²) < 4.78 is 27.0. The maximum atomic E-state index is 12.9. The topological polar surface area (TPSA) is 95.0 Å². The molecule has 1 N–H and O–H groups in total. The quantitative estimate of drug-likeness (QED) is 0.871. The number of benzene rings is 1. The van der Waals surface area contributed by atoms with E-state index in [1.165, 1.54) is 17.3 Å². The van der Waals surface area contributed by atoms with E-state index >= 15 is 0 Å². The smallest absolute Gasteiger partial charge is 0.308 e. The van der Waals surface area contributed by atoms with E-state index < -0.39 is 21.9 Å². The van der Waals surface area contributed by atoms with Crippen LogP contribution in [0.5, 0.6) is 0 Å². The van der Waals surface area contributed by atoms with E-state index in [-0.39, 0.29) is 35.9 Å². The number of hydrogen-bond donors (Lipinski definition) is 1. The highest BCUT2D eigenvalue weighted by atomic mass is 32.2. The predicted molar refractivity (Wildman–Crippen MR) is 91.8 cm³/mol. The molecular weight excluding hydrogens is 344 g/mol. The Kier molecular flexibility index (Phi) is 4.36. The number of aliphatic carboxylic acids is 1. The fraction of sp³-hybridized carbons (Fsp3) is 0.529. The van der Waals surface area contributed by atoms with Crippen LogP contribution in [0.2, 0.25) is 0 Å². The van der Waals surface area contributed by atoms with Gasteiger partial charge < -0.3 is 10.0 Å². The molecule has 1 fully saturated rings. The molecular formula is C17H22N2O5S. The second kappa shape index (κ2) is 6.10. The SMILES string of the molecule is CC(=O)N1c2ccc(S(=O)(=O)N3C[C@@H](C)[C@H](C(=O)O)C3)cc2CC1C. The van der Waals surface area contributed by atoms with Crippen LogP contribution in [0.15, 0.2) is 23.1 Å². The van der Waals surface area contributed by atoms with Crippen molar-refractivity contribution < 1.29 is 23.1 Å². The van der Waals surface area contributed by atoms with E-state index in [9.17, 15) is 23.1 Å². The number of sulfonamides is 1. The number of carbonyl (C=O) groups is 2. The van der Waals surface area contributed by atoms with Crippen LogP contribution in [0.4, 0.5) is 5.69 Å². The molecule has 0 aromatic heterocycles. The zero-order valence-electron chi connectivity index (χ0n) is 14.5. The monoisotopic (exact) mass is 366 g/mol. The van der Waals surface area contributed by atoms with Crippen molar-refractivity contribution in [2.45, 2.75) is 38.1 Å². The third-order valence-corrected chi connectivity index (χ3v) is 6.97. The fourth-order valence-electron chi connectivity index (χ4n) is 3.84. The van der Waals surface area contributed by atoms with Crippen molar-refractivity contribution in [2.24, 2.45) is 11.8 Å². The van der Waals surface area contributed by atoms with Crippen LogP contribution in [0.3, 0.4) is 0 Å². The van der Waals surface area contributed by atoms with E-state index in [0.717, 1.165) is 11.3 Å². The second-order valence-electron chi connectivity index (χ2n) is 6.98. The Morgan fingerprint density at radius 3 is 2.44 bits per heavy atom. The molecule has 0 bridgehead atoms. The third kappa shape index (κ3) is 2.93. The summed E-state index contributed by atoms with van der Waals surface area (Å²) in [6, 6.07) is 4.78. The summed E-state index contributed by atoms with van der Waals surface area (Å²) in [5.74, 6) is -1.95. The van der Waals surface area contributed by atoms with E-state index in [1.54, 1.807) is 24.0 Å². The van der Waals surface area contributed by atoms with Crippen molar-refractivity contribution >= 4 is 27.6 Å². The highest BCUT2D eigenvalue weighted by molar-refractivity contribution is 7.89. The van der Waals surface area contributed by atoms with Gasteiger partial charge in [-0.3, -0.25) is 9.59 Å². The number of fused-ring (bicyclic) bond motifs is 1. The predicted octanol–water partition coefficient (Wildman–Crippen LogP) is 1.33. The zero-order chi connectivity index (χ0) is 18.5. The van der Waals surface area contributed by atoms with Crippen molar-refractivity contribution in [1.29, 1.82) is 0 Å². The standard InChI is InChI=1S/C17H22N2O5S/c1-10-8-18(9-15(10)17(21)22)25(23,24)14-4-5-16-13(7-14)6-11(2)19(16)12(3)20/h4-5,7,10-11,15H,6,8-9H2,1-3H3,(H,21,22)/t10-,11?,15-/m1/s1. The highest BCUT2D eigenvalue weighted by Gasteiger charge is 2.41. The maximum absolute atomic E-state index is 12.9. The Balaban J connectivity index is 1.92. The lowest BCUT2D eigenvalue weighted by atomic mass is 9.99. The van der Waals surface area contributed by atoms with Gasteiger partial charge in [0.25, 0.3) is 0 Å². The first-order valence-corrected chi connectivity index (χ1v) is 9.72. The number of carboxylic acids is 1. The van der Waals surface area contributed by atoms with Gasteiger partial charge in [0.15, 0.2) is 0 Å². The Morgan fingerprint density at radius 2 is 1.88 bits per heavy atom. The van der Waals surface area contributed by atoms with Gasteiger partial charge in [0, 0.05) is 31.7 Å². The average Bonchev–Trinajstić information content (AvgIpc) is 3.05. The normalized spacial score (nSPS) is 26.7. The molecule has 3 atom stereocenters. The zero-order valence-corrected chi connectivity index (χ0v) is 15.3. The number of carbonyl (C=O) groups excluding carboxylic acids is 1. The summed E-state index contributed by atoms with van der Waals surface area (Å²) in [5, 5.41) is 9.22. The minimum Gasteiger partial charge on any atom is -0.481 e. The first-order valence-electron chi connectivity index (χ1n) is 8.28. The molecule has 2 heterocycles. The summed E-state index contributed by atoms with van der Waals surface area (Å²) in [6.45, 7) is 5.37. The molecule has 1 saturated heterocycles. The van der Waals surface area contributed by atoms with Crippen molar-refractivity contribution in [3.05, 3.63) is 23.8 Å². The number of nitrogens with zero attached hydrogens (tertiary/aromatic N) is 2. The van der Waals surface area contributed by atoms with Gasteiger partial charge in [-0.05, 0) is 43.0 Å². The Bertz CT molecular complexity index is 835. The number of amides is 1. The van der Waals surface area contributed by atoms with Gasteiger partial charge in [-0.2, -0.15) is 4.31 Å². The molecule has 0 saturated carbocycles. The molecule has 0 spiro atoms. The molecule has 2 aliphatic rings. The van der Waals surface area contributed by atoms with Gasteiger partial charge in [0.05, 0.1) is 10.8 Å². The summed E-state index contributed by atoms with van der Waals surface area (Å²) in [6.07, 6.45) is 0.604. The molecule has 25 heavy (non-hydrogen) atoms. The lowest BCUT2D eigenvalue weighted by molar-refractivity contribution is -0.142. The van der Waals surface area contributed by atoms with Crippen LogP contribution in [0, 0.1) is 11.8 Å². The lowest BCUT2D eigenvalue weighted by Crippen LogP contribution is -2.33. The van der Waals surface area contributed by atoms with E-state index in [1.807, 2.05) is 6.92 Å². The largest absolute Gasteiger partial charge is 0.481 e. The average molecular weight is 366 g/mol. The van der Waals surface area contributed by atoms with Crippen molar-refractivity contribution in [3.63, 3.8) is 0 Å². The van der Waals surface area contributed by atoms with Crippen LogP contribution in [0.25, 0.3) is 0 Å². The molecule has 1 amide bonds. The van der Waals surface area contributed by atoms with Gasteiger partial charge in [-0.25, -0.2) is 8.42 Å². The van der Waals surface area contributed by atoms with Crippen LogP contribution in [-0.4, -0.2) is 48.8 Å². The molecule has 0 radical (unpaired) electrons. The molecule has 136 valence electrons. The first kappa shape index (κ1) is 17.9. The van der Waals surface area contributed by atoms with Gasteiger partial charge >= 0.3 is 5.97 Å². The minimum absolute atomic E-state index is 0.00588. The molecule has 7 nitrogen and oxygen atoms in total. The fourth-order valence-corrected chi connectivity index (χ4v) is 5.45. The number of carboxylic acid groups (broad SMARTS) is 1. The Hall–Kier alpha value is -1.93. The van der Waals surface area contributed by atoms with Crippen LogP contribution in [0.1, 0.15) is 26.3 Å². The summed E-state index contributed by atoms with van der Waals surface area (Å²) in [7, 11) is -3.75. The van der Waals surface area contributed by atoms with Crippen LogP contribution in [-0.2, 0) is 26.0 Å². The molecule has 1 aromatic rings. The summed E-state index contributed by atoms with van der Waals surface area (Å²) in [4.78, 5) is 24.9.